The van der Waals surface area contributed by atoms with Crippen LogP contribution in [0.5, 0.6) is 0 Å². The summed E-state index contributed by atoms with van der Waals surface area (Å²) in [5, 5.41) is 14.7. The molecular formula is C13H20N2O5. The topological polar surface area (TPSA) is 96.9 Å². The lowest BCUT2D eigenvalue weighted by atomic mass is 9.99. The van der Waals surface area contributed by atoms with Gasteiger partial charge in [-0.05, 0) is 25.2 Å². The molecule has 0 aromatic rings. The van der Waals surface area contributed by atoms with E-state index in [-0.39, 0.29) is 18.8 Å². The van der Waals surface area contributed by atoms with E-state index in [1.165, 1.54) is 0 Å². The molecule has 3 N–H and O–H groups in total. The van der Waals surface area contributed by atoms with Gasteiger partial charge in [-0.15, -0.1) is 0 Å². The highest BCUT2D eigenvalue weighted by molar-refractivity contribution is 5.86. The molecule has 7 heteroatoms. The van der Waals surface area contributed by atoms with Crippen molar-refractivity contribution in [1.29, 1.82) is 0 Å². The van der Waals surface area contributed by atoms with Crippen molar-refractivity contribution in [2.75, 3.05) is 19.8 Å². The highest BCUT2D eigenvalue weighted by Crippen LogP contribution is 2.38. The number of hydrogen-bond acceptors (Lipinski definition) is 4. The van der Waals surface area contributed by atoms with Gasteiger partial charge in [-0.25, -0.2) is 9.59 Å². The molecule has 0 aromatic heterocycles. The van der Waals surface area contributed by atoms with E-state index in [1.54, 1.807) is 0 Å². The number of amides is 2. The van der Waals surface area contributed by atoms with Crippen LogP contribution in [0.1, 0.15) is 25.7 Å². The first-order valence-corrected chi connectivity index (χ1v) is 7.12. The monoisotopic (exact) mass is 284 g/mol. The van der Waals surface area contributed by atoms with Crippen molar-refractivity contribution in [2.24, 2.45) is 5.92 Å². The van der Waals surface area contributed by atoms with Crippen LogP contribution < -0.4 is 10.6 Å². The minimum absolute atomic E-state index is 0.0168. The van der Waals surface area contributed by atoms with Crippen LogP contribution in [-0.4, -0.2) is 54.6 Å². The van der Waals surface area contributed by atoms with Gasteiger partial charge in [0, 0.05) is 19.6 Å². The fraction of sp³-hybridized carbons (Fsp3) is 0.846. The maximum atomic E-state index is 12.1. The lowest BCUT2D eigenvalue weighted by molar-refractivity contribution is -0.144. The average Bonchev–Trinajstić information content (AvgIpc) is 2.95. The van der Waals surface area contributed by atoms with Crippen LogP contribution in [0.25, 0.3) is 0 Å². The van der Waals surface area contributed by atoms with Gasteiger partial charge in [0.1, 0.15) is 0 Å². The second-order valence-corrected chi connectivity index (χ2v) is 5.86. The van der Waals surface area contributed by atoms with Crippen molar-refractivity contribution in [3.63, 3.8) is 0 Å². The molecule has 3 unspecified atom stereocenters. The van der Waals surface area contributed by atoms with E-state index in [4.69, 9.17) is 9.47 Å². The Kier molecular flexibility index (Phi) is 3.55. The van der Waals surface area contributed by atoms with Crippen LogP contribution >= 0.6 is 0 Å². The molecule has 0 bridgehead atoms. The van der Waals surface area contributed by atoms with Gasteiger partial charge in [0.15, 0.2) is 5.54 Å². The highest BCUT2D eigenvalue weighted by Gasteiger charge is 2.45. The van der Waals surface area contributed by atoms with Crippen LogP contribution in [0.3, 0.4) is 0 Å². The second-order valence-electron chi connectivity index (χ2n) is 5.86. The molecule has 1 aliphatic carbocycles. The molecule has 0 spiro atoms. The van der Waals surface area contributed by atoms with Crippen molar-refractivity contribution < 1.29 is 24.2 Å². The number of aliphatic carboxylic acids is 1. The van der Waals surface area contributed by atoms with E-state index < -0.39 is 17.5 Å². The Bertz CT molecular complexity index is 404. The van der Waals surface area contributed by atoms with Gasteiger partial charge in [-0.1, -0.05) is 0 Å². The molecule has 20 heavy (non-hydrogen) atoms. The average molecular weight is 284 g/mol. The summed E-state index contributed by atoms with van der Waals surface area (Å²) in [6, 6.07) is -0.463. The van der Waals surface area contributed by atoms with Gasteiger partial charge in [-0.2, -0.15) is 0 Å². The third-order valence-electron chi connectivity index (χ3n) is 4.32. The van der Waals surface area contributed by atoms with E-state index in [1.807, 2.05) is 0 Å². The normalized spacial score (nSPS) is 36.8. The molecule has 1 saturated carbocycles. The van der Waals surface area contributed by atoms with Crippen LogP contribution in [0.4, 0.5) is 4.79 Å². The molecule has 112 valence electrons. The lowest BCUT2D eigenvalue weighted by Crippen LogP contribution is -2.59. The standard InChI is InChI=1S/C13H20N2O5/c16-11(17)13(4-6-19-7-13)15-12(18)14-9-3-5-20-10(9)8-1-2-8/h8-10H,1-7H2,(H,16,17)(H2,14,15,18). The van der Waals surface area contributed by atoms with Crippen molar-refractivity contribution in [3.05, 3.63) is 0 Å². The first-order valence-electron chi connectivity index (χ1n) is 7.12. The maximum absolute atomic E-state index is 12.1. The predicted molar refractivity (Wildman–Crippen MR) is 68.3 cm³/mol. The Hall–Kier alpha value is -1.34. The van der Waals surface area contributed by atoms with Crippen molar-refractivity contribution in [2.45, 2.75) is 43.4 Å². The summed E-state index contributed by atoms with van der Waals surface area (Å²) in [6.45, 7) is 1.02. The Morgan fingerprint density at radius 2 is 2.00 bits per heavy atom. The smallest absolute Gasteiger partial charge is 0.332 e. The number of ether oxygens (including phenoxy) is 2. The van der Waals surface area contributed by atoms with Gasteiger partial charge >= 0.3 is 12.0 Å². The predicted octanol–water partition coefficient (Wildman–Crippen LogP) is 0.0968. The number of carboxylic acid groups (broad SMARTS) is 1. The molecular weight excluding hydrogens is 264 g/mol. The quantitative estimate of drug-likeness (QED) is 0.680. The number of nitrogens with one attached hydrogen (secondary N) is 2. The first kappa shape index (κ1) is 13.6. The van der Waals surface area contributed by atoms with Crippen LogP contribution in [0, 0.1) is 5.92 Å². The molecule has 3 rings (SSSR count). The Morgan fingerprint density at radius 1 is 1.20 bits per heavy atom. The highest BCUT2D eigenvalue weighted by atomic mass is 16.5. The lowest BCUT2D eigenvalue weighted by Gasteiger charge is -2.26. The molecule has 2 heterocycles. The number of hydrogen-bond donors (Lipinski definition) is 3. The number of carboxylic acids is 1. The SMILES string of the molecule is O=C(NC1CCOC1C1CC1)NC1(C(=O)O)CCOC1. The third-order valence-corrected chi connectivity index (χ3v) is 4.32. The summed E-state index contributed by atoms with van der Waals surface area (Å²) in [7, 11) is 0. The molecule has 3 fully saturated rings. The number of carbonyl (C=O) groups is 2. The number of rotatable bonds is 4. The Morgan fingerprint density at radius 3 is 2.60 bits per heavy atom. The number of carbonyl (C=O) groups excluding carboxylic acids is 1. The van der Waals surface area contributed by atoms with Gasteiger partial charge in [0.25, 0.3) is 0 Å². The van der Waals surface area contributed by atoms with Gasteiger partial charge in [0.2, 0.25) is 0 Å². The van der Waals surface area contributed by atoms with Crippen molar-refractivity contribution >= 4 is 12.0 Å². The molecule has 7 nitrogen and oxygen atoms in total. The fourth-order valence-electron chi connectivity index (χ4n) is 2.96. The summed E-state index contributed by atoms with van der Waals surface area (Å²) in [5.74, 6) is -0.502. The summed E-state index contributed by atoms with van der Waals surface area (Å²) >= 11 is 0. The Labute approximate surface area is 117 Å². The number of urea groups is 1. The van der Waals surface area contributed by atoms with Gasteiger partial charge in [0.05, 0.1) is 18.8 Å². The molecule has 0 radical (unpaired) electrons. The summed E-state index contributed by atoms with van der Waals surface area (Å²) in [4.78, 5) is 23.4. The first-order chi connectivity index (χ1) is 9.61. The summed E-state index contributed by atoms with van der Waals surface area (Å²) < 4.78 is 10.8. The third kappa shape index (κ3) is 2.60. The van der Waals surface area contributed by atoms with E-state index in [0.29, 0.717) is 25.6 Å². The van der Waals surface area contributed by atoms with E-state index in [0.717, 1.165) is 19.3 Å². The molecule has 2 saturated heterocycles. The van der Waals surface area contributed by atoms with Crippen molar-refractivity contribution in [1.82, 2.24) is 10.6 Å². The van der Waals surface area contributed by atoms with E-state index in [9.17, 15) is 14.7 Å². The van der Waals surface area contributed by atoms with Crippen molar-refractivity contribution in [3.8, 4) is 0 Å². The fourth-order valence-corrected chi connectivity index (χ4v) is 2.96. The van der Waals surface area contributed by atoms with Gasteiger partial charge < -0.3 is 25.2 Å². The molecule has 3 atom stereocenters. The molecule has 3 aliphatic rings. The van der Waals surface area contributed by atoms with Gasteiger partial charge in [-0.3, -0.25) is 0 Å². The zero-order chi connectivity index (χ0) is 14.2. The Balaban J connectivity index is 1.57. The van der Waals surface area contributed by atoms with E-state index in [2.05, 4.69) is 10.6 Å². The summed E-state index contributed by atoms with van der Waals surface area (Å²) in [5.41, 5.74) is -1.29. The van der Waals surface area contributed by atoms with Crippen LogP contribution in [0.15, 0.2) is 0 Å². The minimum Gasteiger partial charge on any atom is -0.479 e. The van der Waals surface area contributed by atoms with Crippen LogP contribution in [-0.2, 0) is 14.3 Å². The molecule has 0 aromatic carbocycles. The molecule has 2 amide bonds. The van der Waals surface area contributed by atoms with E-state index >= 15 is 0 Å². The largest absolute Gasteiger partial charge is 0.479 e. The molecule has 2 aliphatic heterocycles. The maximum Gasteiger partial charge on any atom is 0.332 e. The van der Waals surface area contributed by atoms with Crippen LogP contribution in [0.2, 0.25) is 0 Å². The zero-order valence-electron chi connectivity index (χ0n) is 11.3. The zero-order valence-corrected chi connectivity index (χ0v) is 11.3. The summed E-state index contributed by atoms with van der Waals surface area (Å²) in [6.07, 6.45) is 3.46. The minimum atomic E-state index is -1.29. The second kappa shape index (κ2) is 5.21.